The zero-order chi connectivity index (χ0) is 17.4. The number of nitrogens with two attached hydrogens (primary N) is 1. The molecule has 0 fully saturated rings. The summed E-state index contributed by atoms with van der Waals surface area (Å²) in [5.41, 5.74) is 9.25. The summed E-state index contributed by atoms with van der Waals surface area (Å²) < 4.78 is 0. The number of aromatic nitrogens is 1. The monoisotopic (exact) mass is 325 g/mol. The van der Waals surface area contributed by atoms with E-state index >= 15 is 0 Å². The number of nitrogens with one attached hydrogen (secondary N) is 1. The molecule has 0 unspecified atom stereocenters. The Bertz CT molecular complexity index is 660. The van der Waals surface area contributed by atoms with Crippen molar-refractivity contribution < 1.29 is 0 Å². The summed E-state index contributed by atoms with van der Waals surface area (Å²) >= 11 is 0. The molecule has 3 N–H and O–H groups in total. The summed E-state index contributed by atoms with van der Waals surface area (Å²) in [4.78, 5) is 11.1. The molecule has 24 heavy (non-hydrogen) atoms. The maximum absolute atomic E-state index is 5.98. The predicted octanol–water partition coefficient (Wildman–Crippen LogP) is 3.42. The Morgan fingerprint density at radius 1 is 1.12 bits per heavy atom. The average molecular weight is 325 g/mol. The molecule has 0 bridgehead atoms. The molecule has 0 aliphatic carbocycles. The van der Waals surface area contributed by atoms with Crippen LogP contribution in [0.4, 0.5) is 11.5 Å². The first-order valence-corrected chi connectivity index (χ1v) is 8.52. The SMILES string of the molecule is CCc1cccc(NC(N)=NCc2ccc(N(CC)CC)nc2)c1. The molecule has 5 nitrogen and oxygen atoms in total. The molecule has 128 valence electrons. The highest BCUT2D eigenvalue weighted by molar-refractivity contribution is 5.92. The molecule has 0 aliphatic heterocycles. The van der Waals surface area contributed by atoms with Crippen LogP contribution in [0.15, 0.2) is 47.6 Å². The number of rotatable bonds is 7. The number of hydrogen-bond donors (Lipinski definition) is 2. The van der Waals surface area contributed by atoms with Crippen molar-refractivity contribution in [3.63, 3.8) is 0 Å². The lowest BCUT2D eigenvalue weighted by molar-refractivity contribution is 0.843. The molecule has 0 saturated heterocycles. The normalized spacial score (nSPS) is 11.4. The second kappa shape index (κ2) is 8.91. The third kappa shape index (κ3) is 4.98. The second-order valence-electron chi connectivity index (χ2n) is 5.58. The van der Waals surface area contributed by atoms with Crippen molar-refractivity contribution in [2.45, 2.75) is 33.7 Å². The number of benzene rings is 1. The van der Waals surface area contributed by atoms with Gasteiger partial charge in [-0.1, -0.05) is 25.1 Å². The Hall–Kier alpha value is -2.56. The zero-order valence-corrected chi connectivity index (χ0v) is 14.8. The zero-order valence-electron chi connectivity index (χ0n) is 14.8. The van der Waals surface area contributed by atoms with Gasteiger partial charge in [-0.3, -0.25) is 0 Å². The highest BCUT2D eigenvalue weighted by Crippen LogP contribution is 2.12. The van der Waals surface area contributed by atoms with Crippen molar-refractivity contribution in [3.8, 4) is 0 Å². The fraction of sp³-hybridized carbons (Fsp3) is 0.368. The van der Waals surface area contributed by atoms with Crippen molar-refractivity contribution in [1.29, 1.82) is 0 Å². The van der Waals surface area contributed by atoms with E-state index in [4.69, 9.17) is 5.73 Å². The van der Waals surface area contributed by atoms with E-state index < -0.39 is 0 Å². The summed E-state index contributed by atoms with van der Waals surface area (Å²) in [7, 11) is 0. The summed E-state index contributed by atoms with van der Waals surface area (Å²) in [6.45, 7) is 8.80. The summed E-state index contributed by atoms with van der Waals surface area (Å²) in [5.74, 6) is 1.41. The molecule has 0 radical (unpaired) electrons. The molecule has 2 aromatic rings. The number of pyridine rings is 1. The van der Waals surface area contributed by atoms with Gasteiger partial charge in [0.05, 0.1) is 6.54 Å². The molecule has 1 aromatic heterocycles. The topological polar surface area (TPSA) is 66.5 Å². The third-order valence-electron chi connectivity index (χ3n) is 3.94. The Labute approximate surface area is 144 Å². The molecular weight excluding hydrogens is 298 g/mol. The van der Waals surface area contributed by atoms with Gasteiger partial charge in [0, 0.05) is 25.0 Å². The van der Waals surface area contributed by atoms with Crippen LogP contribution in [0, 0.1) is 0 Å². The van der Waals surface area contributed by atoms with E-state index in [0.717, 1.165) is 36.6 Å². The highest BCUT2D eigenvalue weighted by atomic mass is 15.2. The van der Waals surface area contributed by atoms with Crippen LogP contribution in [0.5, 0.6) is 0 Å². The van der Waals surface area contributed by atoms with Crippen LogP contribution in [0.3, 0.4) is 0 Å². The molecule has 1 heterocycles. The first kappa shape index (κ1) is 17.8. The number of nitrogens with zero attached hydrogens (tertiary/aromatic N) is 3. The molecular formula is C19H27N5. The molecule has 5 heteroatoms. The van der Waals surface area contributed by atoms with E-state index in [0.29, 0.717) is 12.5 Å². The fourth-order valence-corrected chi connectivity index (χ4v) is 2.48. The number of anilines is 2. The average Bonchev–Trinajstić information content (AvgIpc) is 2.62. The molecule has 0 saturated carbocycles. The number of aliphatic imine (C=N–C) groups is 1. The van der Waals surface area contributed by atoms with Gasteiger partial charge in [0.25, 0.3) is 0 Å². The Balaban J connectivity index is 1.96. The van der Waals surface area contributed by atoms with Crippen LogP contribution >= 0.6 is 0 Å². The quantitative estimate of drug-likeness (QED) is 0.605. The van der Waals surface area contributed by atoms with Gasteiger partial charge in [-0.15, -0.1) is 0 Å². The van der Waals surface area contributed by atoms with Gasteiger partial charge in [-0.2, -0.15) is 0 Å². The first-order valence-electron chi connectivity index (χ1n) is 8.52. The number of guanidine groups is 1. The predicted molar refractivity (Wildman–Crippen MR) is 103 cm³/mol. The van der Waals surface area contributed by atoms with Crippen molar-refractivity contribution in [2.24, 2.45) is 10.7 Å². The van der Waals surface area contributed by atoms with Crippen LogP contribution in [0.2, 0.25) is 0 Å². The van der Waals surface area contributed by atoms with Gasteiger partial charge in [-0.05, 0) is 49.6 Å². The fourth-order valence-electron chi connectivity index (χ4n) is 2.48. The first-order chi connectivity index (χ1) is 11.7. The van der Waals surface area contributed by atoms with Gasteiger partial charge in [0.15, 0.2) is 5.96 Å². The van der Waals surface area contributed by atoms with Crippen molar-refractivity contribution in [3.05, 3.63) is 53.7 Å². The van der Waals surface area contributed by atoms with Crippen molar-refractivity contribution in [2.75, 3.05) is 23.3 Å². The van der Waals surface area contributed by atoms with E-state index in [1.165, 1.54) is 5.56 Å². The van der Waals surface area contributed by atoms with E-state index in [2.05, 4.69) is 59.2 Å². The maximum Gasteiger partial charge on any atom is 0.193 e. The standard InChI is InChI=1S/C19H27N5/c1-4-15-8-7-9-17(12-15)23-19(20)22-14-16-10-11-18(21-13-16)24(5-2)6-3/h7-13H,4-6,14H2,1-3H3,(H3,20,22,23). The number of aryl methyl sites for hydroxylation is 1. The lowest BCUT2D eigenvalue weighted by Gasteiger charge is -2.19. The lowest BCUT2D eigenvalue weighted by atomic mass is 10.1. The van der Waals surface area contributed by atoms with Gasteiger partial charge >= 0.3 is 0 Å². The minimum absolute atomic E-state index is 0.413. The van der Waals surface area contributed by atoms with Crippen LogP contribution in [0.1, 0.15) is 31.9 Å². The molecule has 0 spiro atoms. The van der Waals surface area contributed by atoms with Gasteiger partial charge in [0.1, 0.15) is 5.82 Å². The van der Waals surface area contributed by atoms with Crippen molar-refractivity contribution >= 4 is 17.5 Å². The van der Waals surface area contributed by atoms with Gasteiger partial charge in [0.2, 0.25) is 0 Å². The van der Waals surface area contributed by atoms with E-state index in [1.807, 2.05) is 24.4 Å². The maximum atomic E-state index is 5.98. The Kier molecular flexibility index (Phi) is 6.61. The van der Waals surface area contributed by atoms with E-state index in [9.17, 15) is 0 Å². The summed E-state index contributed by atoms with van der Waals surface area (Å²) in [5, 5.41) is 3.13. The smallest absolute Gasteiger partial charge is 0.193 e. The largest absolute Gasteiger partial charge is 0.370 e. The molecule has 1 aromatic carbocycles. The molecule has 0 aliphatic rings. The van der Waals surface area contributed by atoms with Crippen LogP contribution in [0.25, 0.3) is 0 Å². The molecule has 2 rings (SSSR count). The highest BCUT2D eigenvalue weighted by Gasteiger charge is 2.03. The molecule has 0 atom stereocenters. The third-order valence-corrected chi connectivity index (χ3v) is 3.94. The minimum atomic E-state index is 0.413. The van der Waals surface area contributed by atoms with Gasteiger partial charge in [-0.25, -0.2) is 9.98 Å². The minimum Gasteiger partial charge on any atom is -0.370 e. The van der Waals surface area contributed by atoms with Crippen LogP contribution < -0.4 is 16.0 Å². The van der Waals surface area contributed by atoms with Crippen molar-refractivity contribution in [1.82, 2.24) is 4.98 Å². The second-order valence-corrected chi connectivity index (χ2v) is 5.58. The summed E-state index contributed by atoms with van der Waals surface area (Å²) in [6.07, 6.45) is 2.86. The van der Waals surface area contributed by atoms with Gasteiger partial charge < -0.3 is 16.0 Å². The Morgan fingerprint density at radius 2 is 1.92 bits per heavy atom. The molecule has 0 amide bonds. The lowest BCUT2D eigenvalue weighted by Crippen LogP contribution is -2.23. The van der Waals surface area contributed by atoms with Crippen LogP contribution in [-0.2, 0) is 13.0 Å². The van der Waals surface area contributed by atoms with E-state index in [1.54, 1.807) is 0 Å². The van der Waals surface area contributed by atoms with E-state index in [-0.39, 0.29) is 0 Å². The van der Waals surface area contributed by atoms with Crippen LogP contribution in [-0.4, -0.2) is 24.0 Å². The summed E-state index contributed by atoms with van der Waals surface area (Å²) in [6, 6.07) is 12.3. The Morgan fingerprint density at radius 3 is 2.54 bits per heavy atom. The number of hydrogen-bond acceptors (Lipinski definition) is 3.